The Labute approximate surface area is 194 Å². The summed E-state index contributed by atoms with van der Waals surface area (Å²) in [6.07, 6.45) is 0. The molecule has 0 heterocycles. The molecule has 3 aromatic carbocycles. The molecule has 174 valence electrons. The van der Waals surface area contributed by atoms with Crippen LogP contribution in [0.3, 0.4) is 0 Å². The summed E-state index contributed by atoms with van der Waals surface area (Å²) in [5.74, 6) is -1.63. The summed E-state index contributed by atoms with van der Waals surface area (Å²) in [5, 5.41) is 10.8. The maximum Gasteiger partial charge on any atom is 0.270 e. The van der Waals surface area contributed by atoms with Crippen molar-refractivity contribution in [1.29, 1.82) is 0 Å². The van der Waals surface area contributed by atoms with E-state index in [0.717, 1.165) is 6.07 Å². The number of benzene rings is 3. The first-order chi connectivity index (χ1) is 16.1. The number of sulfonamides is 1. The van der Waals surface area contributed by atoms with Gasteiger partial charge in [0.05, 0.1) is 9.82 Å². The number of nitrogens with one attached hydrogen (secondary N) is 3. The number of ketones is 1. The number of non-ortho nitro benzene ring substituents is 1. The molecule has 0 atom stereocenters. The minimum Gasteiger partial charge on any atom is -0.295 e. The van der Waals surface area contributed by atoms with Crippen molar-refractivity contribution in [3.05, 3.63) is 99.6 Å². The second-order valence-corrected chi connectivity index (χ2v) is 8.66. The number of Topliss-reactive ketones (excluding diaryl/α,β-unsaturated/α-hetero) is 1. The van der Waals surface area contributed by atoms with E-state index in [1.807, 2.05) is 0 Å². The Balaban J connectivity index is 1.61. The van der Waals surface area contributed by atoms with E-state index in [0.29, 0.717) is 5.56 Å². The van der Waals surface area contributed by atoms with Gasteiger partial charge in [-0.3, -0.25) is 40.1 Å². The van der Waals surface area contributed by atoms with Crippen LogP contribution in [0.4, 0.5) is 11.4 Å². The second kappa shape index (κ2) is 9.92. The number of rotatable bonds is 7. The zero-order valence-electron chi connectivity index (χ0n) is 17.6. The van der Waals surface area contributed by atoms with Crippen LogP contribution < -0.4 is 15.6 Å². The standard InChI is InChI=1S/C22H18N4O7S/c1-14(27)15-7-11-20(12-8-15)34(32,33)25-18-9-5-16(6-10-18)21(28)23-24-22(29)17-3-2-4-19(13-17)26(30)31/h2-13,25H,1H3,(H,23,28)(H,24,29). The first kappa shape index (κ1) is 24.1. The zero-order valence-corrected chi connectivity index (χ0v) is 18.5. The summed E-state index contributed by atoms with van der Waals surface area (Å²) < 4.78 is 27.4. The molecule has 0 saturated heterocycles. The minimum absolute atomic E-state index is 0.0180. The van der Waals surface area contributed by atoms with Crippen LogP contribution in [0.5, 0.6) is 0 Å². The van der Waals surface area contributed by atoms with E-state index in [1.165, 1.54) is 73.7 Å². The second-order valence-electron chi connectivity index (χ2n) is 6.98. The lowest BCUT2D eigenvalue weighted by molar-refractivity contribution is -0.384. The van der Waals surface area contributed by atoms with E-state index in [9.17, 15) is 32.9 Å². The first-order valence-electron chi connectivity index (χ1n) is 9.66. The summed E-state index contributed by atoms with van der Waals surface area (Å²) in [7, 11) is -3.92. The molecule has 0 radical (unpaired) electrons. The maximum atomic E-state index is 12.5. The lowest BCUT2D eigenvalue weighted by Crippen LogP contribution is -2.41. The van der Waals surface area contributed by atoms with Gasteiger partial charge in [0.1, 0.15) is 0 Å². The van der Waals surface area contributed by atoms with Crippen molar-refractivity contribution in [1.82, 2.24) is 10.9 Å². The van der Waals surface area contributed by atoms with Crippen molar-refractivity contribution in [3.8, 4) is 0 Å². The number of nitro benzene ring substituents is 1. The van der Waals surface area contributed by atoms with Crippen LogP contribution in [0.15, 0.2) is 77.7 Å². The van der Waals surface area contributed by atoms with Crippen LogP contribution in [0.25, 0.3) is 0 Å². The first-order valence-corrected chi connectivity index (χ1v) is 11.1. The van der Waals surface area contributed by atoms with E-state index in [-0.39, 0.29) is 33.2 Å². The van der Waals surface area contributed by atoms with Gasteiger partial charge in [0.25, 0.3) is 27.5 Å². The molecule has 12 heteroatoms. The summed E-state index contributed by atoms with van der Waals surface area (Å²) in [6.45, 7) is 1.37. The van der Waals surface area contributed by atoms with Gasteiger partial charge in [0.15, 0.2) is 5.78 Å². The molecule has 3 N–H and O–H groups in total. The monoisotopic (exact) mass is 482 g/mol. The molecule has 0 fully saturated rings. The zero-order chi connectivity index (χ0) is 24.9. The highest BCUT2D eigenvalue weighted by Gasteiger charge is 2.16. The van der Waals surface area contributed by atoms with Gasteiger partial charge in [-0.1, -0.05) is 18.2 Å². The Bertz CT molecular complexity index is 1370. The van der Waals surface area contributed by atoms with E-state index >= 15 is 0 Å². The number of carbonyl (C=O) groups excluding carboxylic acids is 3. The molecule has 3 rings (SSSR count). The van der Waals surface area contributed by atoms with Crippen molar-refractivity contribution in [2.45, 2.75) is 11.8 Å². The number of nitro groups is 1. The molecule has 2 amide bonds. The van der Waals surface area contributed by atoms with Crippen LogP contribution in [-0.2, 0) is 10.0 Å². The lowest BCUT2D eigenvalue weighted by Gasteiger charge is -2.10. The summed E-state index contributed by atoms with van der Waals surface area (Å²) in [6, 6.07) is 15.8. The highest BCUT2D eigenvalue weighted by atomic mass is 32.2. The minimum atomic E-state index is -3.92. The molecule has 0 bridgehead atoms. The van der Waals surface area contributed by atoms with Crippen molar-refractivity contribution in [3.63, 3.8) is 0 Å². The van der Waals surface area contributed by atoms with Crippen LogP contribution >= 0.6 is 0 Å². The van der Waals surface area contributed by atoms with Crippen molar-refractivity contribution in [2.24, 2.45) is 0 Å². The average molecular weight is 482 g/mol. The SMILES string of the molecule is CC(=O)c1ccc(S(=O)(=O)Nc2ccc(C(=O)NNC(=O)c3cccc([N+](=O)[O-])c3)cc2)cc1. The Morgan fingerprint density at radius 2 is 1.35 bits per heavy atom. The topological polar surface area (TPSA) is 165 Å². The third-order valence-electron chi connectivity index (χ3n) is 4.58. The van der Waals surface area contributed by atoms with Gasteiger partial charge in [0, 0.05) is 34.5 Å². The fourth-order valence-electron chi connectivity index (χ4n) is 2.79. The van der Waals surface area contributed by atoms with Crippen molar-refractivity contribution in [2.75, 3.05) is 4.72 Å². The third-order valence-corrected chi connectivity index (χ3v) is 5.98. The summed E-state index contributed by atoms with van der Waals surface area (Å²) >= 11 is 0. The summed E-state index contributed by atoms with van der Waals surface area (Å²) in [5.41, 5.74) is 4.73. The highest BCUT2D eigenvalue weighted by molar-refractivity contribution is 7.92. The maximum absolute atomic E-state index is 12.5. The Morgan fingerprint density at radius 1 is 0.794 bits per heavy atom. The van der Waals surface area contributed by atoms with Gasteiger partial charge in [-0.2, -0.15) is 0 Å². The van der Waals surface area contributed by atoms with Crippen LogP contribution in [-0.4, -0.2) is 30.9 Å². The van der Waals surface area contributed by atoms with Gasteiger partial charge in [-0.15, -0.1) is 0 Å². The number of nitrogens with zero attached hydrogens (tertiary/aromatic N) is 1. The quantitative estimate of drug-likeness (QED) is 0.265. The van der Waals surface area contributed by atoms with Gasteiger partial charge >= 0.3 is 0 Å². The van der Waals surface area contributed by atoms with Crippen LogP contribution in [0.2, 0.25) is 0 Å². The third kappa shape index (κ3) is 5.81. The molecular weight excluding hydrogens is 464 g/mol. The van der Waals surface area contributed by atoms with E-state index in [4.69, 9.17) is 0 Å². The van der Waals surface area contributed by atoms with E-state index in [1.54, 1.807) is 0 Å². The van der Waals surface area contributed by atoms with Gasteiger partial charge in [-0.25, -0.2) is 8.42 Å². The molecular formula is C22H18N4O7S. The molecule has 0 saturated carbocycles. The summed E-state index contributed by atoms with van der Waals surface area (Å²) in [4.78, 5) is 45.8. The molecule has 11 nitrogen and oxygen atoms in total. The predicted octanol–water partition coefficient (Wildman–Crippen LogP) is 2.67. The average Bonchev–Trinajstić information content (AvgIpc) is 2.82. The molecule has 0 aromatic heterocycles. The van der Waals surface area contributed by atoms with Crippen LogP contribution in [0, 0.1) is 10.1 Å². The number of hydrazine groups is 1. The number of carbonyl (C=O) groups is 3. The largest absolute Gasteiger partial charge is 0.295 e. The molecule has 0 unspecified atom stereocenters. The predicted molar refractivity (Wildman–Crippen MR) is 122 cm³/mol. The van der Waals surface area contributed by atoms with Gasteiger partial charge in [-0.05, 0) is 49.4 Å². The fourth-order valence-corrected chi connectivity index (χ4v) is 3.85. The highest BCUT2D eigenvalue weighted by Crippen LogP contribution is 2.18. The smallest absolute Gasteiger partial charge is 0.270 e. The van der Waals surface area contributed by atoms with E-state index < -0.39 is 26.8 Å². The molecule has 0 spiro atoms. The van der Waals surface area contributed by atoms with E-state index in [2.05, 4.69) is 15.6 Å². The fraction of sp³-hybridized carbons (Fsp3) is 0.0455. The number of anilines is 1. The van der Waals surface area contributed by atoms with Crippen LogP contribution in [0.1, 0.15) is 38.0 Å². The lowest BCUT2D eigenvalue weighted by atomic mass is 10.2. The normalized spacial score (nSPS) is 10.7. The van der Waals surface area contributed by atoms with Gasteiger partial charge < -0.3 is 0 Å². The molecule has 0 aliphatic heterocycles. The van der Waals surface area contributed by atoms with Gasteiger partial charge in [0.2, 0.25) is 0 Å². The Kier molecular flexibility index (Phi) is 7.02. The number of hydrogen-bond acceptors (Lipinski definition) is 7. The number of amides is 2. The Hall–Kier alpha value is -4.58. The van der Waals surface area contributed by atoms with Crippen molar-refractivity contribution < 1.29 is 27.7 Å². The molecule has 0 aliphatic carbocycles. The number of hydrogen-bond donors (Lipinski definition) is 3. The van der Waals surface area contributed by atoms with Crippen molar-refractivity contribution >= 4 is 39.0 Å². The Morgan fingerprint density at radius 3 is 1.91 bits per heavy atom. The molecule has 34 heavy (non-hydrogen) atoms. The molecule has 0 aliphatic rings. The molecule has 3 aromatic rings.